The van der Waals surface area contributed by atoms with Crippen molar-refractivity contribution in [2.75, 3.05) is 18.4 Å². The van der Waals surface area contributed by atoms with E-state index in [-0.39, 0.29) is 16.6 Å². The third-order valence-corrected chi connectivity index (χ3v) is 6.54. The summed E-state index contributed by atoms with van der Waals surface area (Å²) in [5.41, 5.74) is 0.799. The number of carbonyl (C=O) groups is 1. The van der Waals surface area contributed by atoms with Gasteiger partial charge in [-0.15, -0.1) is 0 Å². The number of carbonyl (C=O) groups excluding carboxylic acids is 1. The van der Waals surface area contributed by atoms with Crippen LogP contribution in [0.5, 0.6) is 0 Å². The lowest BCUT2D eigenvalue weighted by atomic mass is 9.94. The second-order valence-corrected chi connectivity index (χ2v) is 9.19. The van der Waals surface area contributed by atoms with Crippen LogP contribution in [0.15, 0.2) is 53.4 Å². The highest BCUT2D eigenvalue weighted by atomic mass is 32.2. The first-order valence-corrected chi connectivity index (χ1v) is 10.4. The maximum absolute atomic E-state index is 12.9. The van der Waals surface area contributed by atoms with Crippen LogP contribution in [0, 0.1) is 17.7 Å². The van der Waals surface area contributed by atoms with Crippen molar-refractivity contribution in [3.63, 3.8) is 0 Å². The number of hydrogen-bond acceptors (Lipinski definition) is 3. The molecule has 7 heteroatoms. The van der Waals surface area contributed by atoms with Crippen molar-refractivity contribution in [3.05, 3.63) is 59.9 Å². The molecule has 1 aliphatic heterocycles. The molecule has 2 aromatic rings. The van der Waals surface area contributed by atoms with E-state index in [9.17, 15) is 17.6 Å². The predicted molar refractivity (Wildman–Crippen MR) is 102 cm³/mol. The molecule has 1 N–H and O–H groups in total. The lowest BCUT2D eigenvalue weighted by Crippen LogP contribution is -2.42. The third kappa shape index (κ3) is 4.54. The summed E-state index contributed by atoms with van der Waals surface area (Å²) >= 11 is 0. The van der Waals surface area contributed by atoms with Crippen molar-refractivity contribution in [1.29, 1.82) is 0 Å². The van der Waals surface area contributed by atoms with Gasteiger partial charge in [0, 0.05) is 24.3 Å². The first-order chi connectivity index (χ1) is 12.8. The minimum atomic E-state index is -3.57. The molecule has 27 heavy (non-hydrogen) atoms. The Kier molecular flexibility index (Phi) is 5.62. The van der Waals surface area contributed by atoms with Crippen LogP contribution < -0.4 is 5.32 Å². The SMILES string of the molecule is CC1CC(C)CN(S(=O)(=O)c2ccc(C(=O)Nc3ccc(F)cc3)cc2)C1. The molecule has 0 aromatic heterocycles. The average molecular weight is 390 g/mol. The van der Waals surface area contributed by atoms with E-state index in [1.807, 2.05) is 0 Å². The second kappa shape index (κ2) is 7.78. The first-order valence-electron chi connectivity index (χ1n) is 8.93. The molecule has 1 heterocycles. The zero-order chi connectivity index (χ0) is 19.6. The highest BCUT2D eigenvalue weighted by molar-refractivity contribution is 7.89. The Morgan fingerprint density at radius 3 is 2.11 bits per heavy atom. The van der Waals surface area contributed by atoms with E-state index in [1.165, 1.54) is 52.8 Å². The van der Waals surface area contributed by atoms with Crippen LogP contribution in [0.2, 0.25) is 0 Å². The Morgan fingerprint density at radius 2 is 1.56 bits per heavy atom. The molecule has 144 valence electrons. The average Bonchev–Trinajstić information content (AvgIpc) is 2.63. The van der Waals surface area contributed by atoms with Crippen LogP contribution in [0.4, 0.5) is 10.1 Å². The molecule has 0 radical (unpaired) electrons. The summed E-state index contributed by atoms with van der Waals surface area (Å²) in [4.78, 5) is 12.5. The second-order valence-electron chi connectivity index (χ2n) is 7.25. The topological polar surface area (TPSA) is 66.5 Å². The summed E-state index contributed by atoms with van der Waals surface area (Å²) in [7, 11) is -3.57. The van der Waals surface area contributed by atoms with Crippen molar-refractivity contribution in [1.82, 2.24) is 4.31 Å². The van der Waals surface area contributed by atoms with Gasteiger partial charge in [-0.05, 0) is 66.8 Å². The van der Waals surface area contributed by atoms with Gasteiger partial charge in [0.2, 0.25) is 10.0 Å². The van der Waals surface area contributed by atoms with Crippen LogP contribution in [0.1, 0.15) is 30.6 Å². The van der Waals surface area contributed by atoms with Crippen molar-refractivity contribution < 1.29 is 17.6 Å². The third-order valence-electron chi connectivity index (χ3n) is 4.69. The van der Waals surface area contributed by atoms with Crippen molar-refractivity contribution in [2.45, 2.75) is 25.2 Å². The van der Waals surface area contributed by atoms with E-state index in [2.05, 4.69) is 19.2 Å². The van der Waals surface area contributed by atoms with E-state index in [0.29, 0.717) is 36.2 Å². The van der Waals surface area contributed by atoms with Gasteiger partial charge in [0.15, 0.2) is 0 Å². The van der Waals surface area contributed by atoms with Crippen LogP contribution in [-0.2, 0) is 10.0 Å². The van der Waals surface area contributed by atoms with Gasteiger partial charge in [0.25, 0.3) is 5.91 Å². The number of piperidine rings is 1. The number of halogens is 1. The highest BCUT2D eigenvalue weighted by Crippen LogP contribution is 2.26. The molecular formula is C20H23FN2O3S. The number of rotatable bonds is 4. The molecule has 0 saturated carbocycles. The van der Waals surface area contributed by atoms with Gasteiger partial charge in [-0.2, -0.15) is 4.31 Å². The number of anilines is 1. The molecule has 2 unspecified atom stereocenters. The van der Waals surface area contributed by atoms with Crippen molar-refractivity contribution >= 4 is 21.6 Å². The quantitative estimate of drug-likeness (QED) is 0.865. The van der Waals surface area contributed by atoms with Crippen molar-refractivity contribution in [3.8, 4) is 0 Å². The van der Waals surface area contributed by atoms with E-state index < -0.39 is 10.0 Å². The maximum Gasteiger partial charge on any atom is 0.255 e. The summed E-state index contributed by atoms with van der Waals surface area (Å²) in [6.45, 7) is 5.14. The molecule has 2 aromatic carbocycles. The predicted octanol–water partition coefficient (Wildman–Crippen LogP) is 3.74. The normalized spacial score (nSPS) is 21.0. The van der Waals surface area contributed by atoms with E-state index >= 15 is 0 Å². The Hall–Kier alpha value is -2.25. The summed E-state index contributed by atoms with van der Waals surface area (Å²) in [5.74, 6) is -0.122. The minimum Gasteiger partial charge on any atom is -0.322 e. The molecule has 0 spiro atoms. The number of sulfonamides is 1. The molecule has 3 rings (SSSR count). The number of benzene rings is 2. The molecular weight excluding hydrogens is 367 g/mol. The van der Waals surface area contributed by atoms with Gasteiger partial charge in [-0.25, -0.2) is 12.8 Å². The fraction of sp³-hybridized carbons (Fsp3) is 0.350. The Labute approximate surface area is 159 Å². The zero-order valence-electron chi connectivity index (χ0n) is 15.4. The molecule has 1 saturated heterocycles. The zero-order valence-corrected chi connectivity index (χ0v) is 16.2. The summed E-state index contributed by atoms with van der Waals surface area (Å²) < 4.78 is 40.2. The molecule has 2 atom stereocenters. The van der Waals surface area contributed by atoms with E-state index in [0.717, 1.165) is 6.42 Å². The number of amides is 1. The van der Waals surface area contributed by atoms with E-state index in [1.54, 1.807) is 0 Å². The van der Waals surface area contributed by atoms with E-state index in [4.69, 9.17) is 0 Å². The fourth-order valence-corrected chi connectivity index (χ4v) is 5.15. The molecule has 0 aliphatic carbocycles. The number of nitrogens with zero attached hydrogens (tertiary/aromatic N) is 1. The molecule has 0 bridgehead atoms. The van der Waals surface area contributed by atoms with Crippen LogP contribution in [-0.4, -0.2) is 31.7 Å². The number of nitrogens with one attached hydrogen (secondary N) is 1. The van der Waals surface area contributed by atoms with Crippen LogP contribution in [0.25, 0.3) is 0 Å². The summed E-state index contributed by atoms with van der Waals surface area (Å²) in [5, 5.41) is 2.65. The van der Waals surface area contributed by atoms with Gasteiger partial charge < -0.3 is 5.32 Å². The monoisotopic (exact) mass is 390 g/mol. The molecule has 1 aliphatic rings. The lowest BCUT2D eigenvalue weighted by molar-refractivity contribution is 0.102. The van der Waals surface area contributed by atoms with Gasteiger partial charge in [0.05, 0.1) is 4.90 Å². The standard InChI is InChI=1S/C20H23FN2O3S/c1-14-11-15(2)13-23(12-14)27(25,26)19-9-3-16(4-10-19)20(24)22-18-7-5-17(21)6-8-18/h3-10,14-15H,11-13H2,1-2H3,(H,22,24). The molecule has 1 fully saturated rings. The Morgan fingerprint density at radius 1 is 1.00 bits per heavy atom. The molecule has 1 amide bonds. The van der Waals surface area contributed by atoms with Gasteiger partial charge in [-0.3, -0.25) is 4.79 Å². The van der Waals surface area contributed by atoms with Gasteiger partial charge in [0.1, 0.15) is 5.82 Å². The van der Waals surface area contributed by atoms with Crippen molar-refractivity contribution in [2.24, 2.45) is 11.8 Å². The Balaban J connectivity index is 1.74. The maximum atomic E-state index is 12.9. The van der Waals surface area contributed by atoms with Gasteiger partial charge in [-0.1, -0.05) is 13.8 Å². The van der Waals surface area contributed by atoms with Crippen LogP contribution in [0.3, 0.4) is 0 Å². The highest BCUT2D eigenvalue weighted by Gasteiger charge is 2.31. The number of hydrogen-bond donors (Lipinski definition) is 1. The first kappa shape index (κ1) is 19.5. The lowest BCUT2D eigenvalue weighted by Gasteiger charge is -2.34. The Bertz CT molecular complexity index is 901. The fourth-order valence-electron chi connectivity index (χ4n) is 3.47. The largest absolute Gasteiger partial charge is 0.322 e. The molecule has 5 nitrogen and oxygen atoms in total. The minimum absolute atomic E-state index is 0.183. The summed E-state index contributed by atoms with van der Waals surface area (Å²) in [6, 6.07) is 11.3. The van der Waals surface area contributed by atoms with Crippen LogP contribution >= 0.6 is 0 Å². The van der Waals surface area contributed by atoms with Gasteiger partial charge >= 0.3 is 0 Å². The smallest absolute Gasteiger partial charge is 0.255 e. The summed E-state index contributed by atoms with van der Waals surface area (Å²) in [6.07, 6.45) is 1.02.